The Morgan fingerprint density at radius 2 is 2.06 bits per heavy atom. The molecule has 0 bridgehead atoms. The first-order chi connectivity index (χ1) is 16.1. The summed E-state index contributed by atoms with van der Waals surface area (Å²) in [6.45, 7) is 3.42. The zero-order valence-electron chi connectivity index (χ0n) is 18.3. The lowest BCUT2D eigenvalue weighted by Crippen LogP contribution is -2.38. The van der Waals surface area contributed by atoms with E-state index in [0.29, 0.717) is 36.0 Å². The number of aromatic amines is 1. The lowest BCUT2D eigenvalue weighted by atomic mass is 9.89. The van der Waals surface area contributed by atoms with E-state index in [9.17, 15) is 9.59 Å². The predicted molar refractivity (Wildman–Crippen MR) is 123 cm³/mol. The minimum atomic E-state index is -0.0291. The Kier molecular flexibility index (Phi) is 4.60. The van der Waals surface area contributed by atoms with Crippen LogP contribution in [0.3, 0.4) is 0 Å². The molecule has 6 rings (SSSR count). The van der Waals surface area contributed by atoms with Gasteiger partial charge in [0, 0.05) is 36.3 Å². The molecule has 0 radical (unpaired) electrons. The van der Waals surface area contributed by atoms with Crippen LogP contribution in [0.25, 0.3) is 16.6 Å². The van der Waals surface area contributed by atoms with Crippen molar-refractivity contribution in [2.24, 2.45) is 5.92 Å². The number of H-pyrrole nitrogens is 1. The Hall–Kier alpha value is -3.81. The van der Waals surface area contributed by atoms with Crippen molar-refractivity contribution >= 4 is 34.7 Å². The van der Waals surface area contributed by atoms with Gasteiger partial charge in [-0.3, -0.25) is 14.5 Å². The highest BCUT2D eigenvalue weighted by Crippen LogP contribution is 2.37. The Morgan fingerprint density at radius 3 is 2.85 bits per heavy atom. The van der Waals surface area contributed by atoms with Crippen LogP contribution in [0.1, 0.15) is 35.7 Å². The zero-order chi connectivity index (χ0) is 22.5. The molecule has 1 fully saturated rings. The van der Waals surface area contributed by atoms with Gasteiger partial charge in [-0.25, -0.2) is 4.98 Å². The number of hydrogen-bond donors (Lipinski definition) is 1. The van der Waals surface area contributed by atoms with Crippen molar-refractivity contribution in [3.05, 3.63) is 53.7 Å². The van der Waals surface area contributed by atoms with Crippen molar-refractivity contribution in [1.82, 2.24) is 14.9 Å². The van der Waals surface area contributed by atoms with Crippen LogP contribution in [-0.2, 0) is 4.79 Å². The number of fused-ring (bicyclic) bond motifs is 2. The Morgan fingerprint density at radius 1 is 1.21 bits per heavy atom. The van der Waals surface area contributed by atoms with Crippen LogP contribution in [0.2, 0.25) is 0 Å². The molecular formula is C25H24N4O4. The topological polar surface area (TPSA) is 87.8 Å². The molecule has 1 aliphatic carbocycles. The summed E-state index contributed by atoms with van der Waals surface area (Å²) in [5, 5.41) is 1.02. The third-order valence-electron chi connectivity index (χ3n) is 6.61. The molecular weight excluding hydrogens is 420 g/mol. The van der Waals surface area contributed by atoms with Crippen LogP contribution in [0.4, 0.5) is 5.82 Å². The van der Waals surface area contributed by atoms with Gasteiger partial charge < -0.3 is 19.4 Å². The van der Waals surface area contributed by atoms with Gasteiger partial charge in [0.2, 0.25) is 13.2 Å². The third-order valence-corrected chi connectivity index (χ3v) is 6.61. The highest BCUT2D eigenvalue weighted by Gasteiger charge is 2.32. The van der Waals surface area contributed by atoms with E-state index in [1.165, 1.54) is 5.57 Å². The second kappa shape index (κ2) is 7.65. The van der Waals surface area contributed by atoms with Crippen LogP contribution < -0.4 is 14.4 Å². The van der Waals surface area contributed by atoms with Crippen LogP contribution in [0, 0.1) is 5.92 Å². The summed E-state index contributed by atoms with van der Waals surface area (Å²) < 4.78 is 10.8. The van der Waals surface area contributed by atoms with Crippen LogP contribution in [-0.4, -0.2) is 53.1 Å². The van der Waals surface area contributed by atoms with E-state index < -0.39 is 0 Å². The van der Waals surface area contributed by atoms with E-state index in [1.807, 2.05) is 23.2 Å². The third kappa shape index (κ3) is 3.42. The maximum absolute atomic E-state index is 13.2. The number of nitrogens with zero attached hydrogens (tertiary/aromatic N) is 3. The summed E-state index contributed by atoms with van der Waals surface area (Å²) in [6, 6.07) is 9.58. The van der Waals surface area contributed by atoms with Gasteiger partial charge in [-0.05, 0) is 60.2 Å². The Bertz CT molecular complexity index is 1290. The first-order valence-corrected chi connectivity index (χ1v) is 11.2. The molecule has 33 heavy (non-hydrogen) atoms. The number of anilines is 1. The van der Waals surface area contributed by atoms with Gasteiger partial charge in [-0.1, -0.05) is 13.0 Å². The summed E-state index contributed by atoms with van der Waals surface area (Å²) in [6.07, 6.45) is 6.88. The lowest BCUT2D eigenvalue weighted by molar-refractivity contribution is -0.107. The molecule has 1 aromatic carbocycles. The van der Waals surface area contributed by atoms with Gasteiger partial charge >= 0.3 is 0 Å². The summed E-state index contributed by atoms with van der Waals surface area (Å²) >= 11 is 0. The number of ether oxygens (including phenoxy) is 2. The SMILES string of the molecule is CC1CN(C(=O)c2ccc3c(c2)OCO3)CC=C1c1cc(N(C=O)C2CC2)nc2[nH]ccc12. The first-order valence-electron chi connectivity index (χ1n) is 11.2. The summed E-state index contributed by atoms with van der Waals surface area (Å²) in [7, 11) is 0. The monoisotopic (exact) mass is 444 g/mol. The number of carbonyl (C=O) groups is 2. The maximum Gasteiger partial charge on any atom is 0.254 e. The minimum Gasteiger partial charge on any atom is -0.454 e. The number of rotatable bonds is 5. The van der Waals surface area contributed by atoms with Gasteiger partial charge in [0.1, 0.15) is 11.5 Å². The van der Waals surface area contributed by atoms with E-state index in [4.69, 9.17) is 9.47 Å². The van der Waals surface area contributed by atoms with Crippen LogP contribution >= 0.6 is 0 Å². The van der Waals surface area contributed by atoms with Crippen molar-refractivity contribution < 1.29 is 19.1 Å². The summed E-state index contributed by atoms with van der Waals surface area (Å²) in [4.78, 5) is 36.4. The first kappa shape index (κ1) is 19.8. The largest absolute Gasteiger partial charge is 0.454 e. The average molecular weight is 444 g/mol. The molecule has 168 valence electrons. The fraction of sp³-hybridized carbons (Fsp3) is 0.320. The quantitative estimate of drug-likeness (QED) is 0.608. The molecule has 1 atom stereocenters. The standard InChI is InChI=1S/C25H24N4O4/c1-15-12-28(25(31)16-2-5-21-22(10-16)33-14-32-21)9-7-18(15)20-11-23(29(13-30)17-3-4-17)27-24-19(20)6-8-26-24/h2,5-8,10-11,13,15,17H,3-4,9,12,14H2,1H3,(H,26,27). The number of amides is 2. The fourth-order valence-electron chi connectivity index (χ4n) is 4.74. The molecule has 8 nitrogen and oxygen atoms in total. The number of carbonyl (C=O) groups excluding carboxylic acids is 2. The number of pyridine rings is 1. The summed E-state index contributed by atoms with van der Waals surface area (Å²) in [5.41, 5.74) is 3.58. The van der Waals surface area contributed by atoms with E-state index in [2.05, 4.69) is 23.0 Å². The fourth-order valence-corrected chi connectivity index (χ4v) is 4.74. The Labute approximate surface area is 190 Å². The van der Waals surface area contributed by atoms with Gasteiger partial charge in [0.25, 0.3) is 5.91 Å². The molecule has 3 aliphatic rings. The van der Waals surface area contributed by atoms with Crippen molar-refractivity contribution in [3.63, 3.8) is 0 Å². The summed E-state index contributed by atoms with van der Waals surface area (Å²) in [5.74, 6) is 2.04. The molecule has 3 aromatic rings. The van der Waals surface area contributed by atoms with E-state index in [-0.39, 0.29) is 24.7 Å². The van der Waals surface area contributed by atoms with E-state index >= 15 is 0 Å². The molecule has 2 aromatic heterocycles. The number of aromatic nitrogens is 2. The number of hydrogen-bond acceptors (Lipinski definition) is 5. The molecule has 2 aliphatic heterocycles. The molecule has 8 heteroatoms. The highest BCUT2D eigenvalue weighted by molar-refractivity contribution is 5.97. The highest BCUT2D eigenvalue weighted by atomic mass is 16.7. The zero-order valence-corrected chi connectivity index (χ0v) is 18.3. The van der Waals surface area contributed by atoms with Crippen molar-refractivity contribution in [2.45, 2.75) is 25.8 Å². The normalized spacial score (nSPS) is 19.5. The molecule has 2 amide bonds. The average Bonchev–Trinajstić information content (AvgIpc) is 3.35. The van der Waals surface area contributed by atoms with Gasteiger partial charge in [-0.2, -0.15) is 0 Å². The lowest BCUT2D eigenvalue weighted by Gasteiger charge is -2.32. The van der Waals surface area contributed by atoms with Crippen molar-refractivity contribution in [2.75, 3.05) is 24.8 Å². The molecule has 1 N–H and O–H groups in total. The van der Waals surface area contributed by atoms with E-state index in [1.54, 1.807) is 23.1 Å². The van der Waals surface area contributed by atoms with Gasteiger partial charge in [-0.15, -0.1) is 0 Å². The van der Waals surface area contributed by atoms with Crippen LogP contribution in [0.15, 0.2) is 42.6 Å². The number of nitrogens with one attached hydrogen (secondary N) is 1. The molecule has 4 heterocycles. The second-order valence-electron chi connectivity index (χ2n) is 8.85. The molecule has 0 saturated heterocycles. The van der Waals surface area contributed by atoms with E-state index in [0.717, 1.165) is 35.8 Å². The van der Waals surface area contributed by atoms with Gasteiger partial charge in [0.15, 0.2) is 11.5 Å². The second-order valence-corrected chi connectivity index (χ2v) is 8.85. The van der Waals surface area contributed by atoms with Crippen LogP contribution in [0.5, 0.6) is 11.5 Å². The van der Waals surface area contributed by atoms with Gasteiger partial charge in [0.05, 0.1) is 0 Å². The molecule has 0 spiro atoms. The minimum absolute atomic E-state index is 0.0291. The predicted octanol–water partition coefficient (Wildman–Crippen LogP) is 3.59. The van der Waals surface area contributed by atoms with Crippen molar-refractivity contribution in [3.8, 4) is 11.5 Å². The smallest absolute Gasteiger partial charge is 0.254 e. The number of benzene rings is 1. The molecule has 1 saturated carbocycles. The van der Waals surface area contributed by atoms with Crippen molar-refractivity contribution in [1.29, 1.82) is 0 Å². The Balaban J connectivity index is 1.31. The maximum atomic E-state index is 13.2. The molecule has 1 unspecified atom stereocenters.